The van der Waals surface area contributed by atoms with Gasteiger partial charge in [0, 0.05) is 0 Å². The maximum Gasteiger partial charge on any atom is 0.328 e. The predicted molar refractivity (Wildman–Crippen MR) is 110 cm³/mol. The molecule has 2 aromatic carbocycles. The Morgan fingerprint density at radius 2 is 1.39 bits per heavy atom. The number of esters is 2. The highest BCUT2D eigenvalue weighted by atomic mass is 16.6. The molecule has 0 radical (unpaired) electrons. The number of hydrogen-bond donors (Lipinski definition) is 0. The van der Waals surface area contributed by atoms with Crippen LogP contribution in [0.15, 0.2) is 54.6 Å². The lowest BCUT2D eigenvalue weighted by Gasteiger charge is -2.29. The summed E-state index contributed by atoms with van der Waals surface area (Å²) in [7, 11) is 0. The Balaban J connectivity index is 2.21. The minimum absolute atomic E-state index is 0.218. The van der Waals surface area contributed by atoms with Gasteiger partial charge in [-0.15, -0.1) is 0 Å². The standard InChI is InChI=1S/C24H30O4/c1-4-27-22(25)24(23(26)28-5-2,21-12-7-6-8-13-21)18-10-9-11-20-16-14-19(3)15-17-20/h6-8,12-17H,4-5,9-11,18H2,1-3H3. The second-order valence-corrected chi connectivity index (χ2v) is 6.91. The van der Waals surface area contributed by atoms with E-state index in [9.17, 15) is 9.59 Å². The zero-order chi connectivity index (χ0) is 20.4. The number of carbonyl (C=O) groups excluding carboxylic acids is 2. The quantitative estimate of drug-likeness (QED) is 0.337. The molecule has 0 aliphatic carbocycles. The second kappa shape index (κ2) is 10.6. The molecule has 0 heterocycles. The number of aryl methyl sites for hydroxylation is 2. The lowest BCUT2D eigenvalue weighted by molar-refractivity contribution is -0.165. The summed E-state index contributed by atoms with van der Waals surface area (Å²) in [5, 5.41) is 0. The summed E-state index contributed by atoms with van der Waals surface area (Å²) in [4.78, 5) is 25.9. The minimum atomic E-state index is -1.42. The van der Waals surface area contributed by atoms with Crippen LogP contribution in [0.5, 0.6) is 0 Å². The highest BCUT2D eigenvalue weighted by Crippen LogP contribution is 2.34. The van der Waals surface area contributed by atoms with Crippen molar-refractivity contribution < 1.29 is 19.1 Å². The van der Waals surface area contributed by atoms with Crippen molar-refractivity contribution >= 4 is 11.9 Å². The maximum absolute atomic E-state index is 13.0. The fourth-order valence-corrected chi connectivity index (χ4v) is 3.37. The summed E-state index contributed by atoms with van der Waals surface area (Å²) >= 11 is 0. The van der Waals surface area contributed by atoms with Gasteiger partial charge in [-0.1, -0.05) is 66.6 Å². The fourth-order valence-electron chi connectivity index (χ4n) is 3.37. The van der Waals surface area contributed by atoms with Crippen molar-refractivity contribution in [1.82, 2.24) is 0 Å². The van der Waals surface area contributed by atoms with Gasteiger partial charge in [0.05, 0.1) is 13.2 Å². The van der Waals surface area contributed by atoms with E-state index in [0.29, 0.717) is 18.4 Å². The van der Waals surface area contributed by atoms with Crippen molar-refractivity contribution in [2.75, 3.05) is 13.2 Å². The van der Waals surface area contributed by atoms with Crippen LogP contribution < -0.4 is 0 Å². The molecule has 4 heteroatoms. The van der Waals surface area contributed by atoms with Gasteiger partial charge in [0.25, 0.3) is 0 Å². The fraction of sp³-hybridized carbons (Fsp3) is 0.417. The van der Waals surface area contributed by atoms with E-state index < -0.39 is 17.4 Å². The molecule has 0 spiro atoms. The molecular weight excluding hydrogens is 352 g/mol. The molecule has 0 fully saturated rings. The van der Waals surface area contributed by atoms with Crippen LogP contribution in [-0.4, -0.2) is 25.2 Å². The van der Waals surface area contributed by atoms with Gasteiger partial charge in [0.15, 0.2) is 5.41 Å². The summed E-state index contributed by atoms with van der Waals surface area (Å²) < 4.78 is 10.6. The summed E-state index contributed by atoms with van der Waals surface area (Å²) in [5.41, 5.74) is 1.70. The molecule has 2 aromatic rings. The third-order valence-corrected chi connectivity index (χ3v) is 4.90. The number of benzene rings is 2. The first-order valence-electron chi connectivity index (χ1n) is 10.00. The van der Waals surface area contributed by atoms with Gasteiger partial charge >= 0.3 is 11.9 Å². The number of carbonyl (C=O) groups is 2. The van der Waals surface area contributed by atoms with Crippen LogP contribution in [0, 0.1) is 6.92 Å². The van der Waals surface area contributed by atoms with Crippen LogP contribution in [0.4, 0.5) is 0 Å². The van der Waals surface area contributed by atoms with E-state index in [4.69, 9.17) is 9.47 Å². The summed E-state index contributed by atoms with van der Waals surface area (Å²) in [5.74, 6) is -1.06. The molecule has 0 aliphatic rings. The van der Waals surface area contributed by atoms with Gasteiger partial charge in [-0.05, 0) is 51.2 Å². The molecule has 0 bridgehead atoms. The first-order chi connectivity index (χ1) is 13.5. The zero-order valence-corrected chi connectivity index (χ0v) is 17.1. The van der Waals surface area contributed by atoms with Crippen molar-refractivity contribution in [2.45, 2.75) is 51.9 Å². The molecule has 0 amide bonds. The lowest BCUT2D eigenvalue weighted by atomic mass is 9.76. The van der Waals surface area contributed by atoms with E-state index in [0.717, 1.165) is 12.8 Å². The average Bonchev–Trinajstić information content (AvgIpc) is 2.70. The Kier molecular flexibility index (Phi) is 8.24. The van der Waals surface area contributed by atoms with Gasteiger partial charge in [0.1, 0.15) is 0 Å². The number of hydrogen-bond acceptors (Lipinski definition) is 4. The molecule has 0 atom stereocenters. The Morgan fingerprint density at radius 3 is 1.93 bits per heavy atom. The SMILES string of the molecule is CCOC(=O)C(CCCCc1ccc(C)cc1)(C(=O)OCC)c1ccccc1. The van der Waals surface area contributed by atoms with Gasteiger partial charge in [0.2, 0.25) is 0 Å². The number of ether oxygens (including phenoxy) is 2. The summed E-state index contributed by atoms with van der Waals surface area (Å²) in [6.07, 6.45) is 2.84. The molecule has 28 heavy (non-hydrogen) atoms. The van der Waals surface area contributed by atoms with Crippen LogP contribution in [0.1, 0.15) is 49.8 Å². The Labute approximate surface area is 167 Å². The maximum atomic E-state index is 13.0. The van der Waals surface area contributed by atoms with Gasteiger partial charge in [-0.2, -0.15) is 0 Å². The molecule has 0 saturated carbocycles. The third-order valence-electron chi connectivity index (χ3n) is 4.90. The van der Waals surface area contributed by atoms with E-state index in [-0.39, 0.29) is 13.2 Å². The number of unbranched alkanes of at least 4 members (excludes halogenated alkanes) is 1. The van der Waals surface area contributed by atoms with Crippen LogP contribution in [0.25, 0.3) is 0 Å². The summed E-state index contributed by atoms with van der Waals surface area (Å²) in [6.45, 7) is 6.00. The lowest BCUT2D eigenvalue weighted by Crippen LogP contribution is -2.46. The van der Waals surface area contributed by atoms with Gasteiger partial charge < -0.3 is 9.47 Å². The molecule has 0 saturated heterocycles. The van der Waals surface area contributed by atoms with E-state index in [1.165, 1.54) is 11.1 Å². The normalized spacial score (nSPS) is 11.1. The van der Waals surface area contributed by atoms with Crippen molar-refractivity contribution in [2.24, 2.45) is 0 Å². The third kappa shape index (κ3) is 5.22. The van der Waals surface area contributed by atoms with E-state index in [2.05, 4.69) is 31.2 Å². The number of rotatable bonds is 10. The predicted octanol–water partition coefficient (Wildman–Crippen LogP) is 4.77. The van der Waals surface area contributed by atoms with E-state index in [1.54, 1.807) is 26.0 Å². The van der Waals surface area contributed by atoms with Crippen LogP contribution in [0.2, 0.25) is 0 Å². The second-order valence-electron chi connectivity index (χ2n) is 6.91. The Morgan fingerprint density at radius 1 is 0.821 bits per heavy atom. The molecule has 0 unspecified atom stereocenters. The van der Waals surface area contributed by atoms with E-state index in [1.807, 2.05) is 18.2 Å². The highest BCUT2D eigenvalue weighted by molar-refractivity contribution is 6.06. The monoisotopic (exact) mass is 382 g/mol. The zero-order valence-electron chi connectivity index (χ0n) is 17.1. The molecule has 0 N–H and O–H groups in total. The first-order valence-corrected chi connectivity index (χ1v) is 10.00. The topological polar surface area (TPSA) is 52.6 Å². The van der Waals surface area contributed by atoms with Crippen LogP contribution >= 0.6 is 0 Å². The molecule has 2 rings (SSSR count). The molecule has 0 aliphatic heterocycles. The summed E-state index contributed by atoms with van der Waals surface area (Å²) in [6, 6.07) is 17.6. The van der Waals surface area contributed by atoms with Crippen molar-refractivity contribution in [3.05, 3.63) is 71.3 Å². The smallest absolute Gasteiger partial charge is 0.328 e. The van der Waals surface area contributed by atoms with Crippen molar-refractivity contribution in [1.29, 1.82) is 0 Å². The Hall–Kier alpha value is -2.62. The largest absolute Gasteiger partial charge is 0.465 e. The molecular formula is C24H30O4. The average molecular weight is 383 g/mol. The molecule has 4 nitrogen and oxygen atoms in total. The minimum Gasteiger partial charge on any atom is -0.465 e. The highest BCUT2D eigenvalue weighted by Gasteiger charge is 2.49. The Bertz CT molecular complexity index is 732. The van der Waals surface area contributed by atoms with Crippen LogP contribution in [0.3, 0.4) is 0 Å². The van der Waals surface area contributed by atoms with Gasteiger partial charge in [-0.3, -0.25) is 9.59 Å². The van der Waals surface area contributed by atoms with Crippen molar-refractivity contribution in [3.63, 3.8) is 0 Å². The van der Waals surface area contributed by atoms with Crippen LogP contribution in [-0.2, 0) is 30.9 Å². The molecule has 150 valence electrons. The first kappa shape index (κ1) is 21.7. The van der Waals surface area contributed by atoms with Crippen molar-refractivity contribution in [3.8, 4) is 0 Å². The molecule has 0 aromatic heterocycles. The van der Waals surface area contributed by atoms with E-state index >= 15 is 0 Å². The van der Waals surface area contributed by atoms with Gasteiger partial charge in [-0.25, -0.2) is 0 Å².